The molecule has 1 aromatic heterocycles. The smallest absolute Gasteiger partial charge is 0.242 e. The van der Waals surface area contributed by atoms with Crippen LogP contribution in [0.25, 0.3) is 0 Å². The zero-order valence-electron chi connectivity index (χ0n) is 19.7. The van der Waals surface area contributed by atoms with Gasteiger partial charge in [0.2, 0.25) is 11.8 Å². The third-order valence-electron chi connectivity index (χ3n) is 5.68. The summed E-state index contributed by atoms with van der Waals surface area (Å²) >= 11 is 1.47. The maximum absolute atomic E-state index is 13.1. The summed E-state index contributed by atoms with van der Waals surface area (Å²) in [5.74, 6) is 0.830. The van der Waals surface area contributed by atoms with Crippen molar-refractivity contribution in [2.24, 2.45) is 0 Å². The van der Waals surface area contributed by atoms with E-state index in [1.807, 2.05) is 72.8 Å². The van der Waals surface area contributed by atoms with Crippen molar-refractivity contribution < 1.29 is 19.1 Å². The van der Waals surface area contributed by atoms with Crippen LogP contribution >= 0.6 is 11.8 Å². The van der Waals surface area contributed by atoms with Crippen molar-refractivity contribution in [3.05, 3.63) is 90.3 Å². The van der Waals surface area contributed by atoms with E-state index in [2.05, 4.69) is 4.98 Å². The summed E-state index contributed by atoms with van der Waals surface area (Å²) in [5, 5.41) is 0. The molecule has 8 heteroatoms. The Bertz CT molecular complexity index is 1110. The summed E-state index contributed by atoms with van der Waals surface area (Å²) < 4.78 is 11.5. The molecular weight excluding hydrogens is 462 g/mol. The minimum Gasteiger partial charge on any atom is -0.497 e. The van der Waals surface area contributed by atoms with Gasteiger partial charge >= 0.3 is 0 Å². The van der Waals surface area contributed by atoms with Crippen molar-refractivity contribution in [2.75, 3.05) is 32.5 Å². The molecule has 0 radical (unpaired) electrons. The molecule has 2 amide bonds. The van der Waals surface area contributed by atoms with Gasteiger partial charge in [0.15, 0.2) is 0 Å². The summed E-state index contributed by atoms with van der Waals surface area (Å²) in [6, 6.07) is 23.1. The number of benzene rings is 2. The van der Waals surface area contributed by atoms with Crippen LogP contribution in [0.2, 0.25) is 0 Å². The molecule has 4 rings (SSSR count). The number of methoxy groups -OCH3 is 1. The highest BCUT2D eigenvalue weighted by Gasteiger charge is 2.31. The Hall–Kier alpha value is -3.36. The highest BCUT2D eigenvalue weighted by molar-refractivity contribution is 8.00. The Labute approximate surface area is 210 Å². The van der Waals surface area contributed by atoms with Crippen LogP contribution < -0.4 is 4.74 Å². The fourth-order valence-corrected chi connectivity index (χ4v) is 4.67. The van der Waals surface area contributed by atoms with Gasteiger partial charge in [0.25, 0.3) is 0 Å². The van der Waals surface area contributed by atoms with E-state index in [1.54, 1.807) is 23.1 Å². The van der Waals surface area contributed by atoms with Crippen molar-refractivity contribution in [2.45, 2.75) is 24.2 Å². The Kier molecular flexibility index (Phi) is 8.75. The summed E-state index contributed by atoms with van der Waals surface area (Å²) in [5.41, 5.74) is 1.76. The van der Waals surface area contributed by atoms with Crippen LogP contribution in [-0.4, -0.2) is 65.2 Å². The summed E-state index contributed by atoms with van der Waals surface area (Å²) in [6.45, 7) is 1.49. The zero-order valence-corrected chi connectivity index (χ0v) is 20.5. The average molecular weight is 492 g/mol. The molecule has 0 saturated carbocycles. The van der Waals surface area contributed by atoms with Gasteiger partial charge in [-0.3, -0.25) is 14.6 Å². The minimum absolute atomic E-state index is 0.0278. The summed E-state index contributed by atoms with van der Waals surface area (Å²) in [6.07, 6.45) is 1.38. The maximum atomic E-state index is 13.1. The Morgan fingerprint density at radius 3 is 2.66 bits per heavy atom. The molecule has 0 spiro atoms. The average Bonchev–Trinajstić information content (AvgIpc) is 3.06. The quantitative estimate of drug-likeness (QED) is 0.426. The predicted octanol–water partition coefficient (Wildman–Crippen LogP) is 3.64. The number of ether oxygens (including phenoxy) is 2. The van der Waals surface area contributed by atoms with Crippen LogP contribution in [0, 0.1) is 0 Å². The van der Waals surface area contributed by atoms with Crippen molar-refractivity contribution in [3.63, 3.8) is 0 Å². The largest absolute Gasteiger partial charge is 0.497 e. The fourth-order valence-electron chi connectivity index (χ4n) is 3.84. The van der Waals surface area contributed by atoms with Crippen LogP contribution in [-0.2, 0) is 27.5 Å². The lowest BCUT2D eigenvalue weighted by Crippen LogP contribution is -2.40. The van der Waals surface area contributed by atoms with Gasteiger partial charge in [0, 0.05) is 24.2 Å². The van der Waals surface area contributed by atoms with Gasteiger partial charge in [-0.15, -0.1) is 11.8 Å². The number of carbonyl (C=O) groups excluding carboxylic acids is 2. The second-order valence-corrected chi connectivity index (χ2v) is 9.30. The van der Waals surface area contributed by atoms with Crippen molar-refractivity contribution in [3.8, 4) is 5.75 Å². The van der Waals surface area contributed by atoms with E-state index >= 15 is 0 Å². The van der Waals surface area contributed by atoms with E-state index in [0.29, 0.717) is 26.2 Å². The first-order valence-corrected chi connectivity index (χ1v) is 12.5. The molecule has 1 fully saturated rings. The van der Waals surface area contributed by atoms with Crippen molar-refractivity contribution >= 4 is 23.6 Å². The molecule has 0 unspecified atom stereocenters. The second-order valence-electron chi connectivity index (χ2n) is 8.26. The SMILES string of the molecule is COc1cccc(CO[C@@H]2CN(C(=O)CSc3ccccc3)CC(=O)N(Cc3ccccn3)C2)c1. The number of thioether (sulfide) groups is 1. The maximum Gasteiger partial charge on any atom is 0.242 e. The molecule has 1 atom stereocenters. The van der Waals surface area contributed by atoms with Gasteiger partial charge in [0.1, 0.15) is 5.75 Å². The number of amides is 2. The van der Waals surface area contributed by atoms with E-state index in [0.717, 1.165) is 21.9 Å². The third-order valence-corrected chi connectivity index (χ3v) is 6.68. The highest BCUT2D eigenvalue weighted by Crippen LogP contribution is 2.20. The number of pyridine rings is 1. The Morgan fingerprint density at radius 1 is 1.06 bits per heavy atom. The van der Waals surface area contributed by atoms with Crippen LogP contribution in [0.3, 0.4) is 0 Å². The normalized spacial score (nSPS) is 16.1. The third kappa shape index (κ3) is 7.31. The van der Waals surface area contributed by atoms with Crippen LogP contribution in [0.15, 0.2) is 83.9 Å². The van der Waals surface area contributed by atoms with Gasteiger partial charge in [-0.1, -0.05) is 36.4 Å². The van der Waals surface area contributed by atoms with Crippen LogP contribution in [0.4, 0.5) is 0 Å². The molecule has 2 heterocycles. The molecule has 0 bridgehead atoms. The highest BCUT2D eigenvalue weighted by atomic mass is 32.2. The van der Waals surface area contributed by atoms with Gasteiger partial charge in [-0.05, 0) is 42.0 Å². The Balaban J connectivity index is 1.46. The number of nitrogens with zero attached hydrogens (tertiary/aromatic N) is 3. The lowest BCUT2D eigenvalue weighted by Gasteiger charge is -2.25. The van der Waals surface area contributed by atoms with Gasteiger partial charge in [0.05, 0.1) is 44.4 Å². The molecule has 0 N–H and O–H groups in total. The minimum atomic E-state index is -0.331. The molecule has 0 aliphatic carbocycles. The van der Waals surface area contributed by atoms with Gasteiger partial charge < -0.3 is 19.3 Å². The van der Waals surface area contributed by atoms with E-state index in [-0.39, 0.29) is 30.2 Å². The molecule has 1 aliphatic heterocycles. The van der Waals surface area contributed by atoms with Crippen LogP contribution in [0.1, 0.15) is 11.3 Å². The monoisotopic (exact) mass is 491 g/mol. The number of carbonyl (C=O) groups is 2. The van der Waals surface area contributed by atoms with Crippen LogP contribution in [0.5, 0.6) is 5.75 Å². The molecule has 182 valence electrons. The van der Waals surface area contributed by atoms with E-state index in [9.17, 15) is 9.59 Å². The zero-order chi connectivity index (χ0) is 24.5. The predicted molar refractivity (Wildman–Crippen MR) is 135 cm³/mol. The molecule has 1 saturated heterocycles. The second kappa shape index (κ2) is 12.4. The lowest BCUT2D eigenvalue weighted by atomic mass is 10.2. The Morgan fingerprint density at radius 2 is 1.89 bits per heavy atom. The molecular formula is C27H29N3O4S. The first-order valence-electron chi connectivity index (χ1n) is 11.5. The number of aromatic nitrogens is 1. The van der Waals surface area contributed by atoms with Crippen molar-refractivity contribution in [1.29, 1.82) is 0 Å². The lowest BCUT2D eigenvalue weighted by molar-refractivity contribution is -0.137. The number of rotatable bonds is 9. The topological polar surface area (TPSA) is 72.0 Å². The first-order chi connectivity index (χ1) is 17.1. The molecule has 1 aliphatic rings. The van der Waals surface area contributed by atoms with Gasteiger partial charge in [-0.25, -0.2) is 0 Å². The standard InChI is InChI=1S/C27H29N3O4S/c1-33-23-10-7-8-21(14-23)19-34-24-16-29(15-22-9-5-6-13-28-22)26(31)18-30(17-24)27(32)20-35-25-11-3-2-4-12-25/h2-14,24H,15-20H2,1H3/t24-/m0/s1. The molecule has 2 aromatic carbocycles. The van der Waals surface area contributed by atoms with E-state index in [1.165, 1.54) is 11.8 Å². The van der Waals surface area contributed by atoms with Crippen molar-refractivity contribution in [1.82, 2.24) is 14.8 Å². The molecule has 35 heavy (non-hydrogen) atoms. The summed E-state index contributed by atoms with van der Waals surface area (Å²) in [7, 11) is 1.63. The molecule has 3 aromatic rings. The van der Waals surface area contributed by atoms with E-state index in [4.69, 9.17) is 9.47 Å². The first kappa shape index (κ1) is 24.8. The van der Waals surface area contributed by atoms with E-state index < -0.39 is 0 Å². The molecule has 7 nitrogen and oxygen atoms in total. The number of hydrogen-bond donors (Lipinski definition) is 0. The van der Waals surface area contributed by atoms with Gasteiger partial charge in [-0.2, -0.15) is 0 Å². The summed E-state index contributed by atoms with van der Waals surface area (Å²) in [4.78, 5) is 35.0. The fraction of sp³-hybridized carbons (Fsp3) is 0.296. The number of hydrogen-bond acceptors (Lipinski definition) is 6.